The Balaban J connectivity index is 3.11. The predicted octanol–water partition coefficient (Wildman–Crippen LogP) is 7.15. The van der Waals surface area contributed by atoms with E-state index >= 15 is 0 Å². The van der Waals surface area contributed by atoms with Crippen LogP contribution in [0.4, 0.5) is 0 Å². The number of unbranched alkanes of at least 4 members (excludes halogenated alkanes) is 4. The Labute approximate surface area is 153 Å². The molecule has 1 heterocycles. The zero-order valence-electron chi connectivity index (χ0n) is 16.1. The zero-order valence-corrected chi connectivity index (χ0v) is 19.7. The third-order valence-electron chi connectivity index (χ3n) is 5.47. The molecule has 0 aliphatic heterocycles. The van der Waals surface area contributed by atoms with Gasteiger partial charge in [-0.05, 0) is 0 Å². The summed E-state index contributed by atoms with van der Waals surface area (Å²) < 4.78 is 6.00. The van der Waals surface area contributed by atoms with Crippen molar-refractivity contribution in [3.8, 4) is 0 Å². The Bertz CT molecular complexity index is 361. The normalized spacial score (nSPS) is 12.2. The van der Waals surface area contributed by atoms with Crippen LogP contribution in [-0.4, -0.2) is 23.4 Å². The van der Waals surface area contributed by atoms with Crippen LogP contribution in [0.2, 0.25) is 12.8 Å². The molecule has 1 nitrogen and oxygen atoms in total. The van der Waals surface area contributed by atoms with Crippen LogP contribution in [0.3, 0.4) is 0 Å². The fraction of sp³-hybridized carbons (Fsp3) is 0.850. The van der Waals surface area contributed by atoms with Gasteiger partial charge in [-0.15, -0.1) is 0 Å². The van der Waals surface area contributed by atoms with Crippen LogP contribution in [0, 0.1) is 0 Å². The summed E-state index contributed by atoms with van der Waals surface area (Å²) in [6.45, 7) is 9.46. The Morgan fingerprint density at radius 2 is 1.39 bits per heavy atom. The molecule has 0 bridgehead atoms. The minimum atomic E-state index is -2.34. The van der Waals surface area contributed by atoms with E-state index in [1.54, 1.807) is 11.8 Å². The second-order valence-corrected chi connectivity index (χ2v) is 22.5. The molecule has 1 aromatic heterocycles. The first-order chi connectivity index (χ1) is 11.2. The van der Waals surface area contributed by atoms with Crippen molar-refractivity contribution in [3.05, 3.63) is 11.7 Å². The molecule has 0 spiro atoms. The van der Waals surface area contributed by atoms with E-state index in [2.05, 4.69) is 44.4 Å². The third kappa shape index (κ3) is 6.68. The van der Waals surface area contributed by atoms with E-state index in [-0.39, 0.29) is 0 Å². The average molecular weight is 444 g/mol. The molecule has 0 atom stereocenters. The van der Waals surface area contributed by atoms with Crippen molar-refractivity contribution < 1.29 is 0 Å². The predicted molar refractivity (Wildman–Crippen MR) is 110 cm³/mol. The summed E-state index contributed by atoms with van der Waals surface area (Å²) in [5, 5.41) is 0. The van der Waals surface area contributed by atoms with Gasteiger partial charge in [0.05, 0.1) is 0 Å². The Morgan fingerprint density at radius 3 is 1.78 bits per heavy atom. The van der Waals surface area contributed by atoms with Gasteiger partial charge in [0.2, 0.25) is 0 Å². The van der Waals surface area contributed by atoms with E-state index in [0.29, 0.717) is 0 Å². The maximum absolute atomic E-state index is 4.52. The van der Waals surface area contributed by atoms with Crippen molar-refractivity contribution in [2.45, 2.75) is 105 Å². The first kappa shape index (κ1) is 21.5. The van der Waals surface area contributed by atoms with Crippen LogP contribution in [0.5, 0.6) is 0 Å². The molecule has 3 heteroatoms. The van der Waals surface area contributed by atoms with Crippen molar-refractivity contribution >= 4 is 32.6 Å². The second kappa shape index (κ2) is 12.7. The molecular formula is C20H39NSSn. The molecule has 0 amide bonds. The molecule has 0 radical (unpaired) electrons. The van der Waals surface area contributed by atoms with Crippen molar-refractivity contribution in [3.63, 3.8) is 0 Å². The fourth-order valence-electron chi connectivity index (χ4n) is 4.02. The second-order valence-electron chi connectivity index (χ2n) is 7.21. The monoisotopic (exact) mass is 445 g/mol. The van der Waals surface area contributed by atoms with E-state index < -0.39 is 18.4 Å². The number of rotatable bonds is 14. The number of hydrogen-bond donors (Lipinski definition) is 0. The molecule has 0 saturated carbocycles. The SMILES string of the molecule is CCCC[CH](CCCC)[Sn]([CH2]CCC)([CH2]CCC)[c]1cncs1. The van der Waals surface area contributed by atoms with Gasteiger partial charge in [-0.1, -0.05) is 0 Å². The summed E-state index contributed by atoms with van der Waals surface area (Å²) in [4.78, 5) is 4.52. The van der Waals surface area contributed by atoms with Crippen LogP contribution < -0.4 is 2.89 Å². The Morgan fingerprint density at radius 1 is 0.870 bits per heavy atom. The van der Waals surface area contributed by atoms with Gasteiger partial charge in [0.1, 0.15) is 0 Å². The third-order valence-corrected chi connectivity index (χ3v) is 26.2. The number of nitrogens with zero attached hydrogens (tertiary/aromatic N) is 1. The molecule has 0 N–H and O–H groups in total. The first-order valence-corrected chi connectivity index (χ1v) is 18.1. The van der Waals surface area contributed by atoms with Gasteiger partial charge < -0.3 is 0 Å². The van der Waals surface area contributed by atoms with Crippen molar-refractivity contribution in [1.29, 1.82) is 0 Å². The number of hydrogen-bond acceptors (Lipinski definition) is 2. The van der Waals surface area contributed by atoms with Gasteiger partial charge in [0, 0.05) is 0 Å². The van der Waals surface area contributed by atoms with Gasteiger partial charge in [0.15, 0.2) is 0 Å². The zero-order chi connectivity index (χ0) is 17.0. The molecule has 134 valence electrons. The average Bonchev–Trinajstić information content (AvgIpc) is 3.11. The molecule has 0 aliphatic rings. The minimum absolute atomic E-state index is 1.06. The standard InChI is InChI=1S/C9H19.2C4H9.C3H2NS.Sn/c1-3-5-7-9-8-6-4-2;2*1-3-4-2;1-2-5-3-4-1;/h9H,3-8H2,1-2H3;2*1,3-4H2,2H3;1,3H;. The molecule has 1 rings (SSSR count). The van der Waals surface area contributed by atoms with Crippen LogP contribution >= 0.6 is 11.3 Å². The van der Waals surface area contributed by atoms with Gasteiger partial charge in [-0.3, -0.25) is 0 Å². The molecular weight excluding hydrogens is 405 g/mol. The van der Waals surface area contributed by atoms with Crippen molar-refractivity contribution in [2.24, 2.45) is 0 Å². The maximum atomic E-state index is 4.52. The van der Waals surface area contributed by atoms with Crippen LogP contribution in [0.25, 0.3) is 0 Å². The Kier molecular flexibility index (Phi) is 11.9. The topological polar surface area (TPSA) is 12.9 Å². The van der Waals surface area contributed by atoms with E-state index in [1.807, 2.05) is 11.3 Å². The van der Waals surface area contributed by atoms with E-state index in [0.717, 1.165) is 3.93 Å². The molecule has 23 heavy (non-hydrogen) atoms. The van der Waals surface area contributed by atoms with E-state index in [1.165, 1.54) is 64.2 Å². The van der Waals surface area contributed by atoms with Gasteiger partial charge in [-0.2, -0.15) is 0 Å². The van der Waals surface area contributed by atoms with Crippen LogP contribution in [0.15, 0.2) is 11.7 Å². The summed E-state index contributed by atoms with van der Waals surface area (Å²) in [5.74, 6) is 0. The number of thiazole rings is 1. The molecule has 0 unspecified atom stereocenters. The van der Waals surface area contributed by atoms with Crippen LogP contribution in [-0.2, 0) is 0 Å². The summed E-state index contributed by atoms with van der Waals surface area (Å²) in [5.41, 5.74) is 2.11. The summed E-state index contributed by atoms with van der Waals surface area (Å²) in [7, 11) is 0. The van der Waals surface area contributed by atoms with Crippen molar-refractivity contribution in [2.75, 3.05) is 0 Å². The Hall–Kier alpha value is 0.429. The van der Waals surface area contributed by atoms with E-state index in [4.69, 9.17) is 0 Å². The molecule has 0 fully saturated rings. The first-order valence-electron chi connectivity index (χ1n) is 10.1. The quantitative estimate of drug-likeness (QED) is 0.278. The van der Waals surface area contributed by atoms with E-state index in [9.17, 15) is 0 Å². The number of aromatic nitrogens is 1. The molecule has 0 aromatic carbocycles. The summed E-state index contributed by atoms with van der Waals surface area (Å²) in [6.07, 6.45) is 16.5. The summed E-state index contributed by atoms with van der Waals surface area (Å²) >= 11 is -0.328. The molecule has 1 aromatic rings. The van der Waals surface area contributed by atoms with Gasteiger partial charge in [0.25, 0.3) is 0 Å². The summed E-state index contributed by atoms with van der Waals surface area (Å²) in [6, 6.07) is 0. The van der Waals surface area contributed by atoms with Gasteiger partial charge >= 0.3 is 154 Å². The fourth-order valence-corrected chi connectivity index (χ4v) is 26.0. The van der Waals surface area contributed by atoms with Crippen molar-refractivity contribution in [1.82, 2.24) is 4.98 Å². The van der Waals surface area contributed by atoms with Gasteiger partial charge in [-0.25, -0.2) is 0 Å². The molecule has 0 aliphatic carbocycles. The van der Waals surface area contributed by atoms with Crippen LogP contribution in [0.1, 0.15) is 91.9 Å². The molecule has 0 saturated heterocycles.